The van der Waals surface area contributed by atoms with Crippen molar-refractivity contribution in [1.82, 2.24) is 0 Å². The van der Waals surface area contributed by atoms with Crippen molar-refractivity contribution in [2.24, 2.45) is 0 Å². The first-order chi connectivity index (χ1) is 16.6. The molecule has 172 valence electrons. The number of hydrogen-bond acceptors (Lipinski definition) is 5. The van der Waals surface area contributed by atoms with Gasteiger partial charge in [0.2, 0.25) is 0 Å². The van der Waals surface area contributed by atoms with E-state index in [-0.39, 0.29) is 0 Å². The predicted octanol–water partition coefficient (Wildman–Crippen LogP) is 3.54. The van der Waals surface area contributed by atoms with Gasteiger partial charge in [-0.15, -0.1) is 0 Å². The summed E-state index contributed by atoms with van der Waals surface area (Å²) in [6.45, 7) is 0. The van der Waals surface area contributed by atoms with Crippen LogP contribution in [0, 0.1) is 0 Å². The Kier molecular flexibility index (Phi) is 7.42. The summed E-state index contributed by atoms with van der Waals surface area (Å²) in [5.41, 5.74) is 0.332. The van der Waals surface area contributed by atoms with Crippen molar-refractivity contribution in [2.75, 3.05) is 21.3 Å². The van der Waals surface area contributed by atoms with Crippen molar-refractivity contribution in [1.29, 1.82) is 0 Å². The van der Waals surface area contributed by atoms with Crippen LogP contribution in [0.25, 0.3) is 0 Å². The van der Waals surface area contributed by atoms with Crippen molar-refractivity contribution >= 4 is 35.5 Å². The van der Waals surface area contributed by atoms with E-state index in [1.807, 2.05) is 54.6 Å². The minimum atomic E-state index is -4.25. The molecule has 0 spiro atoms. The summed E-state index contributed by atoms with van der Waals surface area (Å²) in [6, 6.07) is 33.4. The predicted molar refractivity (Wildman–Crippen MR) is 135 cm³/mol. The molecule has 0 atom stereocenters. The van der Waals surface area contributed by atoms with E-state index in [1.54, 1.807) is 12.1 Å². The fraction of sp³-hybridized carbons (Fsp3) is 0.107. The van der Waals surface area contributed by atoms with Gasteiger partial charge in [-0.25, -0.2) is 0 Å². The van der Waals surface area contributed by atoms with Gasteiger partial charge in [0.15, 0.2) is 0 Å². The standard InChI is InChI=1S/C10H12O5.3C6H5.Sn/c1-13-7-4-6(10(11)12)5-8(14-2)9(7)15-3;3*1-2-4-6-5-3-1;/h4-5H,1-3H3,(H,11,12);3*1-5H;/q;;;;+1/p-1. The number of rotatable bonds is 8. The van der Waals surface area contributed by atoms with Gasteiger partial charge < -0.3 is 0 Å². The summed E-state index contributed by atoms with van der Waals surface area (Å²) in [7, 11) is 4.57. The Bertz CT molecular complexity index is 1120. The van der Waals surface area contributed by atoms with Gasteiger partial charge in [-0.3, -0.25) is 0 Å². The maximum atomic E-state index is 13.8. The van der Waals surface area contributed by atoms with Gasteiger partial charge in [-0.05, 0) is 0 Å². The average Bonchev–Trinajstić information content (AvgIpc) is 2.92. The number of ether oxygens (including phenoxy) is 3. The molecule has 4 aromatic rings. The number of methoxy groups -OCH3 is 3. The third-order valence-electron chi connectivity index (χ3n) is 5.69. The zero-order chi connectivity index (χ0) is 24.0. The number of hydrogen-bond donors (Lipinski definition) is 0. The van der Waals surface area contributed by atoms with Gasteiger partial charge in [0.05, 0.1) is 0 Å². The van der Waals surface area contributed by atoms with Crippen molar-refractivity contribution in [3.8, 4) is 17.2 Å². The van der Waals surface area contributed by atoms with E-state index < -0.39 is 24.8 Å². The van der Waals surface area contributed by atoms with Gasteiger partial charge in [-0.2, -0.15) is 0 Å². The Hall–Kier alpha value is -3.45. The molecule has 0 heterocycles. The molecule has 0 N–H and O–H groups in total. The summed E-state index contributed by atoms with van der Waals surface area (Å²) in [5, 5.41) is 0. The molecule has 0 radical (unpaired) electrons. The summed E-state index contributed by atoms with van der Waals surface area (Å²) >= 11 is -4.25. The van der Waals surface area contributed by atoms with Crippen LogP contribution in [0.15, 0.2) is 103 Å². The molecule has 0 unspecified atom stereocenters. The van der Waals surface area contributed by atoms with Crippen LogP contribution >= 0.6 is 0 Å². The fourth-order valence-corrected chi connectivity index (χ4v) is 14.8. The van der Waals surface area contributed by atoms with E-state index >= 15 is 0 Å². The Morgan fingerprint density at radius 3 is 1.29 bits per heavy atom. The van der Waals surface area contributed by atoms with Gasteiger partial charge in [-0.1, -0.05) is 0 Å². The number of benzene rings is 4. The topological polar surface area (TPSA) is 54.0 Å². The molecule has 4 aromatic carbocycles. The van der Waals surface area contributed by atoms with Crippen LogP contribution in [0.4, 0.5) is 0 Å². The summed E-state index contributed by atoms with van der Waals surface area (Å²) in [4.78, 5) is 13.8. The average molecular weight is 561 g/mol. The second-order valence-electron chi connectivity index (χ2n) is 7.58. The number of carbonyl (C=O) groups excluding carboxylic acids is 1. The van der Waals surface area contributed by atoms with Crippen LogP contribution in [0.1, 0.15) is 10.4 Å². The van der Waals surface area contributed by atoms with E-state index in [0.717, 1.165) is 10.7 Å². The van der Waals surface area contributed by atoms with E-state index in [1.165, 1.54) is 21.3 Å². The van der Waals surface area contributed by atoms with Crippen LogP contribution in [0.3, 0.4) is 0 Å². The molecule has 0 bridgehead atoms. The van der Waals surface area contributed by atoms with Crippen LogP contribution in [0.5, 0.6) is 17.2 Å². The molecule has 6 heteroatoms. The monoisotopic (exact) mass is 562 g/mol. The third kappa shape index (κ3) is 4.48. The molecule has 0 saturated carbocycles. The fourth-order valence-electron chi connectivity index (χ4n) is 4.09. The van der Waals surface area contributed by atoms with E-state index in [9.17, 15) is 4.79 Å². The maximum absolute atomic E-state index is 13.8. The quantitative estimate of drug-likeness (QED) is 0.309. The Morgan fingerprint density at radius 1 is 0.588 bits per heavy atom. The second-order valence-corrected chi connectivity index (χ2v) is 17.0. The zero-order valence-electron chi connectivity index (χ0n) is 19.4. The summed E-state index contributed by atoms with van der Waals surface area (Å²) in [5.74, 6) is 0.777. The molecular formula is C28H26O5Sn. The van der Waals surface area contributed by atoms with Crippen molar-refractivity contribution in [3.63, 3.8) is 0 Å². The Labute approximate surface area is 204 Å². The van der Waals surface area contributed by atoms with Gasteiger partial charge in [0.1, 0.15) is 0 Å². The Morgan fingerprint density at radius 2 is 0.971 bits per heavy atom. The van der Waals surface area contributed by atoms with Gasteiger partial charge in [0.25, 0.3) is 0 Å². The Balaban J connectivity index is 1.92. The molecule has 0 aromatic heterocycles. The third-order valence-corrected chi connectivity index (χ3v) is 16.9. The molecule has 34 heavy (non-hydrogen) atoms. The first kappa shape index (κ1) is 23.7. The molecule has 0 aliphatic rings. The van der Waals surface area contributed by atoms with Crippen LogP contribution < -0.4 is 24.9 Å². The van der Waals surface area contributed by atoms with Crippen molar-refractivity contribution in [3.05, 3.63) is 109 Å². The normalized spacial score (nSPS) is 10.9. The zero-order valence-corrected chi connectivity index (χ0v) is 22.2. The van der Waals surface area contributed by atoms with Crippen molar-refractivity contribution in [2.45, 2.75) is 0 Å². The van der Waals surface area contributed by atoms with Gasteiger partial charge >= 0.3 is 205 Å². The summed E-state index contributed by atoms with van der Waals surface area (Å²) in [6.07, 6.45) is 0. The van der Waals surface area contributed by atoms with E-state index in [0.29, 0.717) is 22.8 Å². The molecule has 0 fully saturated rings. The van der Waals surface area contributed by atoms with Crippen molar-refractivity contribution < 1.29 is 22.1 Å². The summed E-state index contributed by atoms with van der Waals surface area (Å²) < 4.78 is 26.1. The molecule has 0 aliphatic heterocycles. The number of carbonyl (C=O) groups is 1. The van der Waals surface area contributed by atoms with E-state index in [2.05, 4.69) is 36.4 Å². The van der Waals surface area contributed by atoms with Crippen LogP contribution in [-0.4, -0.2) is 46.1 Å². The molecule has 0 saturated heterocycles. The molecule has 5 nitrogen and oxygen atoms in total. The molecule has 0 aliphatic carbocycles. The first-order valence-corrected chi connectivity index (χ1v) is 16.3. The molecule has 4 rings (SSSR count). The van der Waals surface area contributed by atoms with Gasteiger partial charge in [0, 0.05) is 0 Å². The molecule has 0 amide bonds. The second kappa shape index (κ2) is 10.7. The molecular weight excluding hydrogens is 535 g/mol. The van der Waals surface area contributed by atoms with Crippen LogP contribution in [-0.2, 0) is 3.07 Å². The van der Waals surface area contributed by atoms with Crippen LogP contribution in [0.2, 0.25) is 0 Å². The van der Waals surface area contributed by atoms with E-state index in [4.69, 9.17) is 17.3 Å². The SMILES string of the molecule is COc1cc(C(=O)[O][Sn]([c]2ccccc2)([c]2ccccc2)[c]2ccccc2)cc(OC)c1OC. The minimum absolute atomic E-state index is 0.332. The first-order valence-electron chi connectivity index (χ1n) is 10.8.